The maximum absolute atomic E-state index is 5.91. The number of likely N-dealkylation sites (N-methyl/N-ethyl adjacent to an activating group) is 1. The molecular weight excluding hydrogens is 226 g/mol. The van der Waals surface area contributed by atoms with E-state index in [0.717, 1.165) is 49.7 Å². The summed E-state index contributed by atoms with van der Waals surface area (Å²) in [4.78, 5) is 11.1. The van der Waals surface area contributed by atoms with Crippen molar-refractivity contribution in [2.24, 2.45) is 0 Å². The molecule has 0 unspecified atom stereocenters. The molecular formula is C13H25N5. The zero-order valence-corrected chi connectivity index (χ0v) is 12.0. The first kappa shape index (κ1) is 14.7. The molecule has 0 saturated heterocycles. The Balaban J connectivity index is 2.68. The van der Waals surface area contributed by atoms with E-state index in [1.807, 2.05) is 6.92 Å². The van der Waals surface area contributed by atoms with E-state index in [1.54, 1.807) is 0 Å². The van der Waals surface area contributed by atoms with Crippen LogP contribution in [0.2, 0.25) is 0 Å². The molecule has 0 spiro atoms. The summed E-state index contributed by atoms with van der Waals surface area (Å²) in [6.45, 7) is 9.12. The number of hydrogen-bond acceptors (Lipinski definition) is 5. The van der Waals surface area contributed by atoms with Crippen LogP contribution in [0.3, 0.4) is 0 Å². The van der Waals surface area contributed by atoms with Crippen molar-refractivity contribution in [1.82, 2.24) is 14.9 Å². The Morgan fingerprint density at radius 2 is 2.00 bits per heavy atom. The van der Waals surface area contributed by atoms with Gasteiger partial charge in [0.05, 0.1) is 0 Å². The third-order valence-corrected chi connectivity index (χ3v) is 3.03. The number of nitrogen functional groups attached to an aromatic ring is 1. The summed E-state index contributed by atoms with van der Waals surface area (Å²) in [5.74, 6) is 2.28. The van der Waals surface area contributed by atoms with Crippen LogP contribution in [0.5, 0.6) is 0 Å². The van der Waals surface area contributed by atoms with Gasteiger partial charge in [-0.2, -0.15) is 0 Å². The van der Waals surface area contributed by atoms with E-state index in [0.29, 0.717) is 5.82 Å². The topological polar surface area (TPSA) is 67.1 Å². The smallest absolute Gasteiger partial charge is 0.134 e. The number of aryl methyl sites for hydroxylation is 1. The summed E-state index contributed by atoms with van der Waals surface area (Å²) in [6, 6.07) is 0. The third kappa shape index (κ3) is 4.14. The Bertz CT molecular complexity index is 378. The lowest BCUT2D eigenvalue weighted by Gasteiger charge is -2.16. The van der Waals surface area contributed by atoms with E-state index < -0.39 is 0 Å². The minimum Gasteiger partial charge on any atom is -0.383 e. The molecule has 0 saturated carbocycles. The Hall–Kier alpha value is -1.36. The monoisotopic (exact) mass is 251 g/mol. The van der Waals surface area contributed by atoms with Crippen molar-refractivity contribution in [3.8, 4) is 0 Å². The Morgan fingerprint density at radius 3 is 2.61 bits per heavy atom. The summed E-state index contributed by atoms with van der Waals surface area (Å²) in [5, 5.41) is 3.35. The van der Waals surface area contributed by atoms with Crippen molar-refractivity contribution >= 4 is 11.6 Å². The van der Waals surface area contributed by atoms with Gasteiger partial charge < -0.3 is 16.0 Å². The summed E-state index contributed by atoms with van der Waals surface area (Å²) < 4.78 is 0. The standard InChI is InChI=1S/C13H25N5/c1-5-7-11-16-12(14)10(3)13(17-11)15-8-9-18(4)6-2/h5-9H2,1-4H3,(H3,14,15,16,17). The summed E-state index contributed by atoms with van der Waals surface area (Å²) in [7, 11) is 2.10. The summed E-state index contributed by atoms with van der Waals surface area (Å²) in [6.07, 6.45) is 1.90. The first-order chi connectivity index (χ1) is 8.58. The van der Waals surface area contributed by atoms with Crippen LogP contribution >= 0.6 is 0 Å². The van der Waals surface area contributed by atoms with Crippen LogP contribution in [-0.2, 0) is 6.42 Å². The molecule has 18 heavy (non-hydrogen) atoms. The molecule has 0 amide bonds. The average molecular weight is 251 g/mol. The molecule has 5 nitrogen and oxygen atoms in total. The van der Waals surface area contributed by atoms with Gasteiger partial charge in [-0.25, -0.2) is 9.97 Å². The Morgan fingerprint density at radius 1 is 1.28 bits per heavy atom. The second-order valence-electron chi connectivity index (χ2n) is 4.57. The van der Waals surface area contributed by atoms with Gasteiger partial charge in [0.25, 0.3) is 0 Å². The highest BCUT2D eigenvalue weighted by molar-refractivity contribution is 5.54. The number of rotatable bonds is 7. The Kier molecular flexibility index (Phi) is 5.85. The Labute approximate surface area is 110 Å². The van der Waals surface area contributed by atoms with Crippen LogP contribution in [0.4, 0.5) is 11.6 Å². The predicted octanol–water partition coefficient (Wildman–Crippen LogP) is 1.68. The highest BCUT2D eigenvalue weighted by Crippen LogP contribution is 2.17. The zero-order valence-electron chi connectivity index (χ0n) is 12.0. The molecule has 102 valence electrons. The van der Waals surface area contributed by atoms with Crippen LogP contribution in [-0.4, -0.2) is 41.5 Å². The molecule has 0 aliphatic carbocycles. The minimum atomic E-state index is 0.583. The maximum atomic E-state index is 5.91. The van der Waals surface area contributed by atoms with Crippen molar-refractivity contribution in [2.75, 3.05) is 37.7 Å². The number of nitrogens with zero attached hydrogens (tertiary/aromatic N) is 3. The highest BCUT2D eigenvalue weighted by Gasteiger charge is 2.08. The van der Waals surface area contributed by atoms with Crippen molar-refractivity contribution in [1.29, 1.82) is 0 Å². The van der Waals surface area contributed by atoms with Crippen LogP contribution < -0.4 is 11.1 Å². The van der Waals surface area contributed by atoms with Gasteiger partial charge in [0, 0.05) is 25.1 Å². The fourth-order valence-electron chi connectivity index (χ4n) is 1.61. The second kappa shape index (κ2) is 7.16. The molecule has 3 N–H and O–H groups in total. The number of anilines is 2. The first-order valence-corrected chi connectivity index (χ1v) is 6.63. The minimum absolute atomic E-state index is 0.583. The summed E-state index contributed by atoms with van der Waals surface area (Å²) >= 11 is 0. The number of nitrogens with one attached hydrogen (secondary N) is 1. The molecule has 0 radical (unpaired) electrons. The van der Waals surface area contributed by atoms with Gasteiger partial charge in [0.2, 0.25) is 0 Å². The van der Waals surface area contributed by atoms with Crippen molar-refractivity contribution in [3.05, 3.63) is 11.4 Å². The fourth-order valence-corrected chi connectivity index (χ4v) is 1.61. The molecule has 1 heterocycles. The normalized spacial score (nSPS) is 10.9. The molecule has 1 aromatic heterocycles. The average Bonchev–Trinajstić information content (AvgIpc) is 2.35. The largest absolute Gasteiger partial charge is 0.383 e. The molecule has 0 bridgehead atoms. The molecule has 5 heteroatoms. The van der Waals surface area contributed by atoms with Gasteiger partial charge in [-0.3, -0.25) is 0 Å². The van der Waals surface area contributed by atoms with Gasteiger partial charge in [-0.15, -0.1) is 0 Å². The lowest BCUT2D eigenvalue weighted by Crippen LogP contribution is -2.25. The molecule has 0 atom stereocenters. The van der Waals surface area contributed by atoms with Gasteiger partial charge in [0.15, 0.2) is 0 Å². The van der Waals surface area contributed by atoms with Crippen LogP contribution in [0, 0.1) is 6.92 Å². The molecule has 1 rings (SSSR count). The van der Waals surface area contributed by atoms with E-state index in [1.165, 1.54) is 0 Å². The number of aromatic nitrogens is 2. The molecule has 1 aromatic rings. The van der Waals surface area contributed by atoms with E-state index in [4.69, 9.17) is 5.73 Å². The van der Waals surface area contributed by atoms with Gasteiger partial charge >= 0.3 is 0 Å². The van der Waals surface area contributed by atoms with Crippen molar-refractivity contribution in [2.45, 2.75) is 33.6 Å². The summed E-state index contributed by atoms with van der Waals surface area (Å²) in [5.41, 5.74) is 6.85. The lowest BCUT2D eigenvalue weighted by atomic mass is 10.2. The van der Waals surface area contributed by atoms with Crippen LogP contribution in [0.15, 0.2) is 0 Å². The van der Waals surface area contributed by atoms with Crippen molar-refractivity contribution in [3.63, 3.8) is 0 Å². The lowest BCUT2D eigenvalue weighted by molar-refractivity contribution is 0.367. The molecule has 0 aliphatic rings. The molecule has 0 aliphatic heterocycles. The third-order valence-electron chi connectivity index (χ3n) is 3.03. The van der Waals surface area contributed by atoms with Crippen LogP contribution in [0.25, 0.3) is 0 Å². The van der Waals surface area contributed by atoms with E-state index in [-0.39, 0.29) is 0 Å². The van der Waals surface area contributed by atoms with Gasteiger partial charge in [-0.1, -0.05) is 13.8 Å². The first-order valence-electron chi connectivity index (χ1n) is 6.63. The van der Waals surface area contributed by atoms with Crippen molar-refractivity contribution < 1.29 is 0 Å². The highest BCUT2D eigenvalue weighted by atomic mass is 15.1. The SMILES string of the molecule is CCCc1nc(N)c(C)c(NCCN(C)CC)n1. The maximum Gasteiger partial charge on any atom is 0.134 e. The van der Waals surface area contributed by atoms with Crippen LogP contribution in [0.1, 0.15) is 31.7 Å². The van der Waals surface area contributed by atoms with Gasteiger partial charge in [0.1, 0.15) is 17.5 Å². The van der Waals surface area contributed by atoms with Gasteiger partial charge in [-0.05, 0) is 26.9 Å². The fraction of sp³-hybridized carbons (Fsp3) is 0.692. The number of hydrogen-bond donors (Lipinski definition) is 2. The van der Waals surface area contributed by atoms with E-state index in [9.17, 15) is 0 Å². The molecule has 0 fully saturated rings. The van der Waals surface area contributed by atoms with E-state index >= 15 is 0 Å². The number of nitrogens with two attached hydrogens (primary N) is 1. The second-order valence-corrected chi connectivity index (χ2v) is 4.57. The van der Waals surface area contributed by atoms with E-state index in [2.05, 4.69) is 41.1 Å². The molecule has 0 aromatic carbocycles. The zero-order chi connectivity index (χ0) is 13.5. The quantitative estimate of drug-likeness (QED) is 0.772. The predicted molar refractivity (Wildman–Crippen MR) is 76.8 cm³/mol.